The van der Waals surface area contributed by atoms with Crippen molar-refractivity contribution in [3.63, 3.8) is 0 Å². The molecule has 1 aliphatic rings. The predicted octanol–water partition coefficient (Wildman–Crippen LogP) is 1.49. The molecule has 4 N–H and O–H groups in total. The minimum Gasteiger partial charge on any atom is -0.495 e. The lowest BCUT2D eigenvalue weighted by Crippen LogP contribution is -2.41. The van der Waals surface area contributed by atoms with Gasteiger partial charge in [0.1, 0.15) is 18.0 Å². The van der Waals surface area contributed by atoms with Crippen molar-refractivity contribution in [1.82, 2.24) is 29.8 Å². The molecule has 4 atom stereocenters. The number of aliphatic hydroxyl groups excluding tert-OH is 2. The lowest BCUT2D eigenvalue weighted by atomic mass is 10.1. The molecule has 1 fully saturated rings. The molecule has 0 radical (unpaired) electrons. The van der Waals surface area contributed by atoms with E-state index in [9.17, 15) is 15.0 Å². The number of aryl methyl sites for hydroxylation is 2. The molecule has 4 aromatic rings. The smallest absolute Gasteiger partial charge is 0.251 e. The van der Waals surface area contributed by atoms with Crippen LogP contribution in [-0.2, 0) is 16.1 Å². The van der Waals surface area contributed by atoms with Crippen molar-refractivity contribution >= 4 is 22.9 Å². The second kappa shape index (κ2) is 10.3. The van der Waals surface area contributed by atoms with Crippen LogP contribution >= 0.6 is 0 Å². The first-order chi connectivity index (χ1) is 18.3. The molecule has 12 nitrogen and oxygen atoms in total. The highest BCUT2D eigenvalue weighted by Crippen LogP contribution is 2.34. The topological polar surface area (TPSA) is 157 Å². The van der Waals surface area contributed by atoms with Crippen LogP contribution in [0.3, 0.4) is 0 Å². The number of imidazole rings is 1. The van der Waals surface area contributed by atoms with Crippen molar-refractivity contribution in [2.75, 3.05) is 19.5 Å². The Kier molecular flexibility index (Phi) is 6.93. The summed E-state index contributed by atoms with van der Waals surface area (Å²) in [7, 11) is 2.98. The molecule has 5 rings (SSSR count). The molecule has 0 bridgehead atoms. The van der Waals surface area contributed by atoms with Crippen LogP contribution < -0.4 is 15.4 Å². The maximum Gasteiger partial charge on any atom is 0.251 e. The van der Waals surface area contributed by atoms with Gasteiger partial charge in [-0.2, -0.15) is 0 Å². The predicted molar refractivity (Wildman–Crippen MR) is 138 cm³/mol. The summed E-state index contributed by atoms with van der Waals surface area (Å²) in [6, 6.07) is 8.05. The Labute approximate surface area is 218 Å². The van der Waals surface area contributed by atoms with Gasteiger partial charge >= 0.3 is 0 Å². The number of nitrogens with zero attached hydrogens (tertiary/aromatic N) is 5. The number of aliphatic hydroxyl groups is 2. The van der Waals surface area contributed by atoms with Gasteiger partial charge in [0.25, 0.3) is 5.91 Å². The molecule has 12 heteroatoms. The van der Waals surface area contributed by atoms with E-state index < -0.39 is 30.4 Å². The molecule has 1 aliphatic heterocycles. The van der Waals surface area contributed by atoms with Gasteiger partial charge in [-0.25, -0.2) is 15.0 Å². The summed E-state index contributed by atoms with van der Waals surface area (Å²) in [4.78, 5) is 30.3. The average Bonchev–Trinajstić information content (AvgIpc) is 3.46. The second-order valence-electron chi connectivity index (χ2n) is 9.23. The Bertz CT molecular complexity index is 1470. The highest BCUT2D eigenvalue weighted by atomic mass is 16.6. The van der Waals surface area contributed by atoms with E-state index in [2.05, 4.69) is 38.8 Å². The third kappa shape index (κ3) is 4.76. The number of likely N-dealkylation sites (N-methyl/N-ethyl adjacent to an activating group) is 1. The van der Waals surface area contributed by atoms with Crippen molar-refractivity contribution in [2.45, 2.75) is 44.9 Å². The molecule has 38 heavy (non-hydrogen) atoms. The van der Waals surface area contributed by atoms with Gasteiger partial charge in [0.15, 0.2) is 35.1 Å². The summed E-state index contributed by atoms with van der Waals surface area (Å²) in [6.07, 6.45) is -0.526. The van der Waals surface area contributed by atoms with Crippen LogP contribution in [0.1, 0.15) is 22.9 Å². The normalized spacial score (nSPS) is 21.0. The molecule has 198 valence electrons. The van der Waals surface area contributed by atoms with Crippen LogP contribution in [0, 0.1) is 13.8 Å². The molecule has 1 saturated heterocycles. The third-order valence-electron chi connectivity index (χ3n) is 6.39. The van der Waals surface area contributed by atoms with E-state index in [0.717, 1.165) is 16.7 Å². The Morgan fingerprint density at radius 2 is 1.87 bits per heavy atom. The summed E-state index contributed by atoms with van der Waals surface area (Å²) in [5.41, 5.74) is 4.75. The first kappa shape index (κ1) is 25.5. The van der Waals surface area contributed by atoms with E-state index in [-0.39, 0.29) is 0 Å². The Morgan fingerprint density at radius 1 is 1.11 bits per heavy atom. The van der Waals surface area contributed by atoms with E-state index in [1.807, 2.05) is 13.8 Å². The van der Waals surface area contributed by atoms with Crippen LogP contribution in [0.25, 0.3) is 22.6 Å². The van der Waals surface area contributed by atoms with E-state index >= 15 is 0 Å². The Hall–Kier alpha value is -4.13. The fraction of sp³-hybridized carbons (Fsp3) is 0.346. The van der Waals surface area contributed by atoms with Gasteiger partial charge in [-0.3, -0.25) is 14.3 Å². The first-order valence-electron chi connectivity index (χ1n) is 12.1. The van der Waals surface area contributed by atoms with Gasteiger partial charge in [-0.15, -0.1) is 0 Å². The number of benzene rings is 1. The number of ether oxygens (including phenoxy) is 2. The molecule has 4 heterocycles. The number of hydrogen-bond donors (Lipinski definition) is 4. The van der Waals surface area contributed by atoms with E-state index in [1.165, 1.54) is 17.9 Å². The number of hydrogen-bond acceptors (Lipinski definition) is 10. The highest BCUT2D eigenvalue weighted by Gasteiger charge is 2.47. The van der Waals surface area contributed by atoms with Crippen LogP contribution in [0.4, 0.5) is 5.82 Å². The molecule has 0 saturated carbocycles. The van der Waals surface area contributed by atoms with Crippen LogP contribution in [0.5, 0.6) is 5.75 Å². The molecular weight excluding hydrogens is 490 g/mol. The van der Waals surface area contributed by atoms with Crippen molar-refractivity contribution in [2.24, 2.45) is 0 Å². The zero-order valence-electron chi connectivity index (χ0n) is 21.4. The molecule has 0 aliphatic carbocycles. The number of amides is 1. The quantitative estimate of drug-likeness (QED) is 0.282. The van der Waals surface area contributed by atoms with Gasteiger partial charge in [-0.1, -0.05) is 29.3 Å². The maximum absolute atomic E-state index is 12.2. The van der Waals surface area contributed by atoms with Crippen molar-refractivity contribution in [3.05, 3.63) is 59.7 Å². The number of carbonyl (C=O) groups excluding carboxylic acids is 1. The monoisotopic (exact) mass is 519 g/mol. The third-order valence-corrected chi connectivity index (χ3v) is 6.39. The van der Waals surface area contributed by atoms with Crippen molar-refractivity contribution < 1.29 is 24.5 Å². The molecule has 0 spiro atoms. The average molecular weight is 520 g/mol. The molecule has 1 aromatic carbocycles. The summed E-state index contributed by atoms with van der Waals surface area (Å²) < 4.78 is 12.6. The largest absolute Gasteiger partial charge is 0.495 e. The Balaban J connectivity index is 1.59. The zero-order chi connectivity index (χ0) is 27.0. The van der Waals surface area contributed by atoms with Crippen molar-refractivity contribution in [3.8, 4) is 17.1 Å². The van der Waals surface area contributed by atoms with Crippen LogP contribution in [-0.4, -0.2) is 73.1 Å². The SMILES string of the molecule is CNC(=O)[C@H]1O[C@@H](n2cnc3c(NCc4cc(C)cc(C)c4)nc(-c4cncc(OC)c4)nc32)[C@H](O)[C@@H]1O. The number of rotatable bonds is 7. The fourth-order valence-electron chi connectivity index (χ4n) is 4.61. The standard InChI is InChI=1S/C26H29N7O5/c1-13-5-14(2)7-15(6-13)9-29-23-18-24(32-22(31-23)16-8-17(37-4)11-28-10-16)33(12-30-18)26-20(35)19(34)21(38-26)25(36)27-3/h5-8,10-12,19-21,26,34-35H,9H2,1-4H3,(H,27,36)(H,29,31,32)/t19-,20+,21-,26+/m0/s1. The summed E-state index contributed by atoms with van der Waals surface area (Å²) in [5, 5.41) is 27.0. The highest BCUT2D eigenvalue weighted by molar-refractivity contribution is 5.85. The van der Waals surface area contributed by atoms with Crippen LogP contribution in [0.2, 0.25) is 0 Å². The van der Waals surface area contributed by atoms with E-state index in [0.29, 0.717) is 40.7 Å². The minimum atomic E-state index is -1.43. The Morgan fingerprint density at radius 3 is 2.58 bits per heavy atom. The maximum atomic E-state index is 12.2. The number of carbonyl (C=O) groups is 1. The molecular formula is C26H29N7O5. The van der Waals surface area contributed by atoms with Gasteiger partial charge in [-0.05, 0) is 25.5 Å². The van der Waals surface area contributed by atoms with E-state index in [1.54, 1.807) is 25.6 Å². The number of methoxy groups -OCH3 is 1. The van der Waals surface area contributed by atoms with Gasteiger partial charge < -0.3 is 30.3 Å². The molecule has 1 amide bonds. The van der Waals surface area contributed by atoms with Gasteiger partial charge in [0, 0.05) is 25.4 Å². The number of anilines is 1. The van der Waals surface area contributed by atoms with Crippen molar-refractivity contribution in [1.29, 1.82) is 0 Å². The number of aromatic nitrogens is 5. The molecule has 3 aromatic heterocycles. The fourth-order valence-corrected chi connectivity index (χ4v) is 4.61. The number of nitrogens with one attached hydrogen (secondary N) is 2. The lowest BCUT2D eigenvalue weighted by molar-refractivity contribution is -0.137. The lowest BCUT2D eigenvalue weighted by Gasteiger charge is -2.17. The zero-order valence-corrected chi connectivity index (χ0v) is 21.4. The van der Waals surface area contributed by atoms with Gasteiger partial charge in [0.2, 0.25) is 0 Å². The number of pyridine rings is 1. The minimum absolute atomic E-state index is 0.337. The number of fused-ring (bicyclic) bond motifs is 1. The van der Waals surface area contributed by atoms with E-state index in [4.69, 9.17) is 19.4 Å². The molecule has 0 unspecified atom stereocenters. The first-order valence-corrected chi connectivity index (χ1v) is 12.1. The summed E-state index contributed by atoms with van der Waals surface area (Å²) in [6.45, 7) is 4.57. The second-order valence-corrected chi connectivity index (χ2v) is 9.23. The van der Waals surface area contributed by atoms with Crippen LogP contribution in [0.15, 0.2) is 43.0 Å². The van der Waals surface area contributed by atoms with Gasteiger partial charge in [0.05, 0.1) is 19.6 Å². The summed E-state index contributed by atoms with van der Waals surface area (Å²) >= 11 is 0. The summed E-state index contributed by atoms with van der Waals surface area (Å²) in [5.74, 6) is 0.790.